The molecule has 14 rings (SSSR count). The summed E-state index contributed by atoms with van der Waals surface area (Å²) in [5.74, 6) is 1.29. The summed E-state index contributed by atoms with van der Waals surface area (Å²) in [7, 11) is 0. The molecule has 5 aromatic heterocycles. The normalized spacial score (nSPS) is 11.8. The van der Waals surface area contributed by atoms with Gasteiger partial charge in [0, 0.05) is 62.8 Å². The van der Waals surface area contributed by atoms with Gasteiger partial charge in [0.1, 0.15) is 0 Å². The topological polar surface area (TPSA) is 66.3 Å². The van der Waals surface area contributed by atoms with Gasteiger partial charge < -0.3 is 4.57 Å². The minimum Gasteiger partial charge on any atom is -0.309 e. The van der Waals surface area contributed by atoms with Crippen molar-refractivity contribution in [3.8, 4) is 62.1 Å². The van der Waals surface area contributed by atoms with Crippen LogP contribution in [0.5, 0.6) is 0 Å². The summed E-state index contributed by atoms with van der Waals surface area (Å²) < 4.78 is 6.75. The fourth-order valence-corrected chi connectivity index (χ4v) is 10.5. The molecule has 69 heavy (non-hydrogen) atoms. The van der Waals surface area contributed by atoms with E-state index in [4.69, 9.17) is 9.97 Å². The van der Waals surface area contributed by atoms with Crippen molar-refractivity contribution in [1.82, 2.24) is 33.6 Å². The number of fused-ring (bicyclic) bond motifs is 9. The average Bonchev–Trinajstić information content (AvgIpc) is 4.06. The van der Waals surface area contributed by atoms with E-state index in [1.807, 2.05) is 12.1 Å². The van der Waals surface area contributed by atoms with Crippen LogP contribution in [0.2, 0.25) is 0 Å². The molecule has 0 atom stereocenters. The molecule has 0 aliphatic rings. The minimum atomic E-state index is 0.636. The standard InChI is InChI=1S/C62H39N7/c1-3-13-40(14-4-1)46-33-47(41-15-5-2-6-16-41)35-48(34-46)67-55-19-9-7-17-49(55)51-36-42(21-25-57(51)67)44-23-27-59-53(38-44)54-39-45(24-28-60(54)69(59)62-65-31-12-32-66-62)43-22-26-58-52(37-43)50-18-8-10-20-56(50)68(58)61-63-29-11-30-64-61/h1-39H. The summed E-state index contributed by atoms with van der Waals surface area (Å²) in [6, 6.07) is 76.5. The molecule has 0 fully saturated rings. The molecular formula is C62H39N7. The first kappa shape index (κ1) is 38.8. The Morgan fingerprint density at radius 3 is 0.971 bits per heavy atom. The fourth-order valence-electron chi connectivity index (χ4n) is 10.5. The quantitative estimate of drug-likeness (QED) is 0.160. The Morgan fingerprint density at radius 1 is 0.217 bits per heavy atom. The predicted molar refractivity (Wildman–Crippen MR) is 282 cm³/mol. The van der Waals surface area contributed by atoms with Crippen molar-refractivity contribution in [2.24, 2.45) is 0 Å². The van der Waals surface area contributed by atoms with Crippen molar-refractivity contribution in [3.05, 3.63) is 237 Å². The highest BCUT2D eigenvalue weighted by atomic mass is 15.2. The third kappa shape index (κ3) is 6.29. The van der Waals surface area contributed by atoms with Crippen LogP contribution in [0.15, 0.2) is 237 Å². The van der Waals surface area contributed by atoms with E-state index in [1.165, 1.54) is 38.5 Å². The van der Waals surface area contributed by atoms with Crippen molar-refractivity contribution >= 4 is 65.4 Å². The van der Waals surface area contributed by atoms with Gasteiger partial charge in [-0.1, -0.05) is 121 Å². The SMILES string of the molecule is c1ccc(-c2cc(-c3ccccc3)cc(-n3c4ccccc4c4cc(-c5ccc6c(c5)c5cc(-c7ccc8c(c7)c7ccccc7n8-c7ncccn7)ccc5n6-c5ncccn5)ccc43)c2)cc1. The number of nitrogens with zero attached hydrogens (tertiary/aromatic N) is 7. The molecule has 9 aromatic carbocycles. The van der Waals surface area contributed by atoms with Crippen molar-refractivity contribution < 1.29 is 0 Å². The molecular weight excluding hydrogens is 843 g/mol. The Bertz CT molecular complexity index is 4230. The Balaban J connectivity index is 0.934. The Morgan fingerprint density at radius 2 is 0.551 bits per heavy atom. The zero-order valence-electron chi connectivity index (χ0n) is 37.1. The minimum absolute atomic E-state index is 0.636. The number of benzene rings is 9. The number of hydrogen-bond donors (Lipinski definition) is 0. The lowest BCUT2D eigenvalue weighted by atomic mass is 9.98. The van der Waals surface area contributed by atoms with E-state index in [-0.39, 0.29) is 0 Å². The first-order valence-electron chi connectivity index (χ1n) is 23.2. The van der Waals surface area contributed by atoms with E-state index < -0.39 is 0 Å². The first-order valence-corrected chi connectivity index (χ1v) is 23.2. The second-order valence-electron chi connectivity index (χ2n) is 17.6. The van der Waals surface area contributed by atoms with Gasteiger partial charge >= 0.3 is 0 Å². The Kier molecular flexibility index (Phi) is 8.75. The Labute approximate surface area is 396 Å². The third-order valence-corrected chi connectivity index (χ3v) is 13.7. The van der Waals surface area contributed by atoms with Crippen LogP contribution >= 0.6 is 0 Å². The molecule has 0 saturated heterocycles. The van der Waals surface area contributed by atoms with E-state index >= 15 is 0 Å². The van der Waals surface area contributed by atoms with Crippen LogP contribution in [0.3, 0.4) is 0 Å². The molecule has 0 N–H and O–H groups in total. The maximum Gasteiger partial charge on any atom is 0.234 e. The Hall–Kier alpha value is -9.46. The van der Waals surface area contributed by atoms with E-state index in [0.717, 1.165) is 77.1 Å². The largest absolute Gasteiger partial charge is 0.309 e. The van der Waals surface area contributed by atoms with Crippen molar-refractivity contribution in [3.63, 3.8) is 0 Å². The summed E-state index contributed by atoms with van der Waals surface area (Å²) >= 11 is 0. The molecule has 322 valence electrons. The molecule has 7 nitrogen and oxygen atoms in total. The highest BCUT2D eigenvalue weighted by Gasteiger charge is 2.20. The molecule has 0 aliphatic carbocycles. The van der Waals surface area contributed by atoms with Gasteiger partial charge in [-0.15, -0.1) is 0 Å². The molecule has 0 aliphatic heterocycles. The molecule has 0 saturated carbocycles. The van der Waals surface area contributed by atoms with Gasteiger partial charge in [0.05, 0.1) is 33.1 Å². The van der Waals surface area contributed by atoms with Gasteiger partial charge in [-0.05, 0) is 136 Å². The number of para-hydroxylation sites is 2. The highest BCUT2D eigenvalue weighted by molar-refractivity contribution is 6.14. The number of aromatic nitrogens is 7. The maximum atomic E-state index is 4.75. The molecule has 0 bridgehead atoms. The van der Waals surface area contributed by atoms with Crippen LogP contribution < -0.4 is 0 Å². The van der Waals surface area contributed by atoms with Crippen molar-refractivity contribution in [2.45, 2.75) is 0 Å². The second kappa shape index (κ2) is 15.6. The second-order valence-corrected chi connectivity index (χ2v) is 17.6. The van der Waals surface area contributed by atoms with Gasteiger partial charge in [0.25, 0.3) is 0 Å². The van der Waals surface area contributed by atoms with Crippen LogP contribution in [0, 0.1) is 0 Å². The highest BCUT2D eigenvalue weighted by Crippen LogP contribution is 2.41. The average molecular weight is 882 g/mol. The van der Waals surface area contributed by atoms with Crippen LogP contribution in [0.25, 0.3) is 128 Å². The van der Waals surface area contributed by atoms with E-state index in [2.05, 4.69) is 224 Å². The van der Waals surface area contributed by atoms with E-state index in [9.17, 15) is 0 Å². The lowest BCUT2D eigenvalue weighted by Gasteiger charge is -2.14. The van der Waals surface area contributed by atoms with Crippen LogP contribution in [-0.2, 0) is 0 Å². The maximum absolute atomic E-state index is 4.75. The monoisotopic (exact) mass is 881 g/mol. The van der Waals surface area contributed by atoms with Gasteiger partial charge in [-0.3, -0.25) is 9.13 Å². The smallest absolute Gasteiger partial charge is 0.234 e. The lowest BCUT2D eigenvalue weighted by Crippen LogP contribution is -1.99. The fraction of sp³-hybridized carbons (Fsp3) is 0. The lowest BCUT2D eigenvalue weighted by molar-refractivity contribution is 0.988. The number of hydrogen-bond acceptors (Lipinski definition) is 4. The predicted octanol–water partition coefficient (Wildman–Crippen LogP) is 15.2. The summed E-state index contributed by atoms with van der Waals surface area (Å²) in [5.41, 5.74) is 16.9. The molecule has 14 aromatic rings. The summed E-state index contributed by atoms with van der Waals surface area (Å²) in [4.78, 5) is 18.7. The van der Waals surface area contributed by atoms with Crippen molar-refractivity contribution in [1.29, 1.82) is 0 Å². The summed E-state index contributed by atoms with van der Waals surface area (Å²) in [5, 5.41) is 6.97. The molecule has 0 amide bonds. The number of rotatable bonds is 7. The summed E-state index contributed by atoms with van der Waals surface area (Å²) in [6.45, 7) is 0. The third-order valence-electron chi connectivity index (χ3n) is 13.7. The van der Waals surface area contributed by atoms with Gasteiger partial charge in [0.2, 0.25) is 11.9 Å². The van der Waals surface area contributed by atoms with Crippen LogP contribution in [0.4, 0.5) is 0 Å². The van der Waals surface area contributed by atoms with Crippen LogP contribution in [0.1, 0.15) is 0 Å². The van der Waals surface area contributed by atoms with Gasteiger partial charge in [-0.2, -0.15) is 0 Å². The van der Waals surface area contributed by atoms with Crippen LogP contribution in [-0.4, -0.2) is 33.6 Å². The zero-order valence-corrected chi connectivity index (χ0v) is 37.1. The zero-order chi connectivity index (χ0) is 45.4. The van der Waals surface area contributed by atoms with E-state index in [1.54, 1.807) is 24.8 Å². The summed E-state index contributed by atoms with van der Waals surface area (Å²) in [6.07, 6.45) is 7.20. The molecule has 5 heterocycles. The molecule has 0 radical (unpaired) electrons. The van der Waals surface area contributed by atoms with Gasteiger partial charge in [0.15, 0.2) is 0 Å². The molecule has 7 heteroatoms. The molecule has 0 spiro atoms. The van der Waals surface area contributed by atoms with E-state index in [0.29, 0.717) is 11.9 Å². The van der Waals surface area contributed by atoms with Gasteiger partial charge in [-0.25, -0.2) is 19.9 Å². The first-order chi connectivity index (χ1) is 34.2. The van der Waals surface area contributed by atoms with Crippen molar-refractivity contribution in [2.75, 3.05) is 0 Å². The molecule has 0 unspecified atom stereocenters.